The number of sulfonamides is 1. The van der Waals surface area contributed by atoms with Gasteiger partial charge >= 0.3 is 0 Å². The maximum atomic E-state index is 12.8. The minimum Gasteiger partial charge on any atom is -0.296 e. The number of carbonyl (C=O) groups excluding carboxylic acids is 1. The van der Waals surface area contributed by atoms with Gasteiger partial charge in [-0.15, -0.1) is 0 Å². The Morgan fingerprint density at radius 2 is 1.80 bits per heavy atom. The molecule has 0 aromatic carbocycles. The minimum absolute atomic E-state index is 0.0161. The van der Waals surface area contributed by atoms with E-state index in [0.29, 0.717) is 37.7 Å². The Morgan fingerprint density at radius 1 is 1.03 bits per heavy atom. The number of aromatic nitrogens is 2. The number of amides is 1. The minimum atomic E-state index is -3.22. The Labute approximate surface area is 180 Å². The van der Waals surface area contributed by atoms with Crippen LogP contribution in [0, 0.1) is 12.8 Å². The largest absolute Gasteiger partial charge is 0.296 e. The quantitative estimate of drug-likeness (QED) is 0.711. The average molecular weight is 435 g/mol. The Hall–Kier alpha value is -1.54. The predicted octanol–water partition coefficient (Wildman–Crippen LogP) is 3.17. The highest BCUT2D eigenvalue weighted by Crippen LogP contribution is 2.34. The van der Waals surface area contributed by atoms with Crippen LogP contribution in [0.4, 0.5) is 5.82 Å². The lowest BCUT2D eigenvalue weighted by molar-refractivity contribution is -0.119. The normalized spacial score (nSPS) is 24.1. The second-order valence-corrected chi connectivity index (χ2v) is 11.3. The Morgan fingerprint density at radius 3 is 2.53 bits per heavy atom. The van der Waals surface area contributed by atoms with Crippen LogP contribution in [0.15, 0.2) is 0 Å². The molecule has 1 saturated heterocycles. The van der Waals surface area contributed by atoms with Crippen LogP contribution in [0.5, 0.6) is 0 Å². The Kier molecular flexibility index (Phi) is 6.44. The van der Waals surface area contributed by atoms with Crippen molar-refractivity contribution in [3.63, 3.8) is 0 Å². The van der Waals surface area contributed by atoms with Gasteiger partial charge in [0.05, 0.1) is 5.75 Å². The summed E-state index contributed by atoms with van der Waals surface area (Å²) < 4.78 is 26.3. The number of hydrogen-bond acceptors (Lipinski definition) is 5. The topological polar surface area (TPSA) is 83.5 Å². The van der Waals surface area contributed by atoms with Gasteiger partial charge in [0.25, 0.3) is 0 Å². The molecule has 2 fully saturated rings. The molecular weight excluding hydrogens is 400 g/mol. The maximum absolute atomic E-state index is 12.8. The van der Waals surface area contributed by atoms with Crippen molar-refractivity contribution < 1.29 is 13.2 Å². The number of rotatable bonds is 5. The number of piperidine rings is 1. The zero-order chi connectivity index (χ0) is 21.3. The van der Waals surface area contributed by atoms with E-state index in [2.05, 4.69) is 0 Å². The van der Waals surface area contributed by atoms with Crippen molar-refractivity contribution in [2.45, 2.75) is 77.6 Å². The van der Waals surface area contributed by atoms with E-state index in [1.807, 2.05) is 11.8 Å². The lowest BCUT2D eigenvalue weighted by atomic mass is 9.88. The van der Waals surface area contributed by atoms with Crippen LogP contribution in [-0.2, 0) is 21.2 Å². The summed E-state index contributed by atoms with van der Waals surface area (Å²) in [7, 11) is -3.22. The first-order chi connectivity index (χ1) is 14.4. The molecule has 1 atom stereocenters. The first-order valence-corrected chi connectivity index (χ1v) is 13.2. The molecule has 7 nitrogen and oxygen atoms in total. The fraction of sp³-hybridized carbons (Fsp3) is 0.773. The Bertz CT molecular complexity index is 896. The number of carbonyl (C=O) groups is 1. The summed E-state index contributed by atoms with van der Waals surface area (Å²) in [5, 5.41) is 0. The molecule has 1 aliphatic carbocycles. The summed E-state index contributed by atoms with van der Waals surface area (Å²) >= 11 is 0. The first kappa shape index (κ1) is 21.7. The number of fused-ring (bicyclic) bond motifs is 1. The fourth-order valence-corrected chi connectivity index (χ4v) is 6.37. The molecule has 166 valence electrons. The molecule has 0 spiro atoms. The van der Waals surface area contributed by atoms with Gasteiger partial charge in [-0.2, -0.15) is 0 Å². The van der Waals surface area contributed by atoms with E-state index in [4.69, 9.17) is 9.97 Å². The van der Waals surface area contributed by atoms with E-state index in [1.165, 1.54) is 32.1 Å². The smallest absolute Gasteiger partial charge is 0.228 e. The van der Waals surface area contributed by atoms with Crippen LogP contribution in [0.25, 0.3) is 0 Å². The molecule has 3 aliphatic rings. The van der Waals surface area contributed by atoms with E-state index in [9.17, 15) is 13.2 Å². The molecule has 1 saturated carbocycles. The van der Waals surface area contributed by atoms with Crippen LogP contribution >= 0.6 is 0 Å². The maximum Gasteiger partial charge on any atom is 0.228 e. The van der Waals surface area contributed by atoms with Gasteiger partial charge in [-0.05, 0) is 51.9 Å². The van der Waals surface area contributed by atoms with Crippen molar-refractivity contribution >= 4 is 21.7 Å². The molecule has 0 bridgehead atoms. The highest BCUT2D eigenvalue weighted by molar-refractivity contribution is 7.89. The standard InChI is InChI=1S/C22H34N4O3S/c1-3-30(28,29)25-13-7-10-18(15-25)21-23-16(2)19-11-12-20(27)26(22(19)24-21)14-17-8-5-4-6-9-17/h17-18H,3-15H2,1-2H3/t18-/m1/s1. The molecule has 3 heterocycles. The fourth-order valence-electron chi connectivity index (χ4n) is 5.19. The van der Waals surface area contributed by atoms with Gasteiger partial charge in [0.2, 0.25) is 15.9 Å². The zero-order valence-electron chi connectivity index (χ0n) is 18.3. The van der Waals surface area contributed by atoms with Crippen LogP contribution in [-0.4, -0.2) is 54.0 Å². The summed E-state index contributed by atoms with van der Waals surface area (Å²) in [5.74, 6) is 2.30. The number of anilines is 1. The summed E-state index contributed by atoms with van der Waals surface area (Å²) in [5.41, 5.74) is 2.02. The third-order valence-electron chi connectivity index (χ3n) is 7.03. The molecule has 2 aliphatic heterocycles. The second kappa shape index (κ2) is 8.91. The van der Waals surface area contributed by atoms with Crippen LogP contribution in [0.2, 0.25) is 0 Å². The van der Waals surface area contributed by atoms with Crippen molar-refractivity contribution in [3.05, 3.63) is 17.1 Å². The van der Waals surface area contributed by atoms with Gasteiger partial charge in [0.15, 0.2) is 0 Å². The first-order valence-electron chi connectivity index (χ1n) is 11.5. The van der Waals surface area contributed by atoms with E-state index >= 15 is 0 Å². The summed E-state index contributed by atoms with van der Waals surface area (Å²) in [4.78, 5) is 24.4. The number of nitrogens with zero attached hydrogens (tertiary/aromatic N) is 4. The average Bonchev–Trinajstić information content (AvgIpc) is 2.76. The molecule has 0 N–H and O–H groups in total. The molecule has 0 unspecified atom stereocenters. The van der Waals surface area contributed by atoms with Gasteiger partial charge in [0, 0.05) is 43.2 Å². The van der Waals surface area contributed by atoms with Gasteiger partial charge in [0.1, 0.15) is 11.6 Å². The van der Waals surface area contributed by atoms with Crippen molar-refractivity contribution in [3.8, 4) is 0 Å². The molecule has 30 heavy (non-hydrogen) atoms. The lowest BCUT2D eigenvalue weighted by Gasteiger charge is -2.35. The molecular formula is C22H34N4O3S. The van der Waals surface area contributed by atoms with Gasteiger partial charge in [-0.25, -0.2) is 22.7 Å². The zero-order valence-corrected chi connectivity index (χ0v) is 19.1. The third kappa shape index (κ3) is 4.40. The molecule has 1 amide bonds. The van der Waals surface area contributed by atoms with Crippen molar-refractivity contribution in [1.82, 2.24) is 14.3 Å². The van der Waals surface area contributed by atoms with E-state index in [0.717, 1.165) is 36.5 Å². The summed E-state index contributed by atoms with van der Waals surface area (Å²) in [6.07, 6.45) is 9.07. The molecule has 1 aromatic rings. The van der Waals surface area contributed by atoms with Crippen LogP contribution in [0.1, 0.15) is 81.3 Å². The summed E-state index contributed by atoms with van der Waals surface area (Å²) in [6, 6.07) is 0. The van der Waals surface area contributed by atoms with E-state index < -0.39 is 10.0 Å². The lowest BCUT2D eigenvalue weighted by Crippen LogP contribution is -2.42. The van der Waals surface area contributed by atoms with Crippen molar-refractivity contribution in [1.29, 1.82) is 0 Å². The highest BCUT2D eigenvalue weighted by Gasteiger charge is 2.34. The van der Waals surface area contributed by atoms with Gasteiger partial charge in [-0.3, -0.25) is 9.69 Å². The molecule has 8 heteroatoms. The second-order valence-electron chi connectivity index (χ2n) is 9.08. The highest BCUT2D eigenvalue weighted by atomic mass is 32.2. The van der Waals surface area contributed by atoms with Crippen LogP contribution in [0.3, 0.4) is 0 Å². The van der Waals surface area contributed by atoms with E-state index in [-0.39, 0.29) is 17.6 Å². The number of aryl methyl sites for hydroxylation is 1. The van der Waals surface area contributed by atoms with Crippen LogP contribution < -0.4 is 4.90 Å². The van der Waals surface area contributed by atoms with E-state index in [1.54, 1.807) is 11.2 Å². The van der Waals surface area contributed by atoms with Crippen molar-refractivity contribution in [2.75, 3.05) is 30.3 Å². The summed E-state index contributed by atoms with van der Waals surface area (Å²) in [6.45, 7) is 5.45. The van der Waals surface area contributed by atoms with Gasteiger partial charge in [-0.1, -0.05) is 19.3 Å². The molecule has 0 radical (unpaired) electrons. The number of hydrogen-bond donors (Lipinski definition) is 0. The predicted molar refractivity (Wildman–Crippen MR) is 117 cm³/mol. The third-order valence-corrected chi connectivity index (χ3v) is 8.88. The van der Waals surface area contributed by atoms with Crippen molar-refractivity contribution in [2.24, 2.45) is 5.92 Å². The van der Waals surface area contributed by atoms with Gasteiger partial charge < -0.3 is 0 Å². The monoisotopic (exact) mass is 434 g/mol. The molecule has 1 aromatic heterocycles. The SMILES string of the molecule is CCS(=O)(=O)N1CCC[C@@H](c2nc(C)c3c(n2)N(CC2CCCCC2)C(=O)CC3)C1. The molecule has 4 rings (SSSR count). The Balaban J connectivity index is 1.62.